The number of carbonyl (C=O) groups excluding carboxylic acids is 1. The first-order chi connectivity index (χ1) is 5.59. The fourth-order valence-electron chi connectivity index (χ4n) is 0.748. The van der Waals surface area contributed by atoms with Crippen molar-refractivity contribution < 1.29 is 4.79 Å². The van der Waals surface area contributed by atoms with Crippen LogP contribution in [-0.2, 0) is 6.54 Å². The van der Waals surface area contributed by atoms with E-state index in [-0.39, 0.29) is 0 Å². The molecule has 0 unspecified atom stereocenters. The smallest absolute Gasteiger partial charge is 0.314 e. The minimum atomic E-state index is -0.403. The maximum absolute atomic E-state index is 10.7. The zero-order chi connectivity index (χ0) is 9.14. The minimum absolute atomic E-state index is 0.403. The van der Waals surface area contributed by atoms with Crippen LogP contribution in [-0.4, -0.2) is 18.0 Å². The van der Waals surface area contributed by atoms with Crippen molar-refractivity contribution in [3.63, 3.8) is 0 Å². The van der Waals surface area contributed by atoms with Crippen LogP contribution in [0.15, 0.2) is 15.9 Å². The molecule has 0 aliphatic rings. The summed E-state index contributed by atoms with van der Waals surface area (Å²) in [6.45, 7) is 0.575. The summed E-state index contributed by atoms with van der Waals surface area (Å²) in [4.78, 5) is 13.2. The van der Waals surface area contributed by atoms with Gasteiger partial charge in [-0.05, 0) is 22.0 Å². The van der Waals surface area contributed by atoms with E-state index in [0.29, 0.717) is 6.54 Å². The first-order valence-electron chi connectivity index (χ1n) is 3.33. The van der Waals surface area contributed by atoms with Gasteiger partial charge in [0.1, 0.15) is 0 Å². The number of amides is 2. The average Bonchev–Trinajstić information content (AvgIpc) is 2.35. The topological polar surface area (TPSA) is 46.3 Å². The summed E-state index contributed by atoms with van der Waals surface area (Å²) in [5.74, 6) is 0. The van der Waals surface area contributed by atoms with Crippen LogP contribution >= 0.6 is 27.3 Å². The van der Waals surface area contributed by atoms with E-state index in [2.05, 4.69) is 15.9 Å². The highest BCUT2D eigenvalue weighted by molar-refractivity contribution is 9.10. The third kappa shape index (κ3) is 2.49. The summed E-state index contributed by atoms with van der Waals surface area (Å²) in [7, 11) is 1.68. The molecule has 1 rings (SSSR count). The summed E-state index contributed by atoms with van der Waals surface area (Å²) >= 11 is 4.93. The number of primary amides is 1. The Bertz CT molecular complexity index is 287. The number of nitrogens with zero attached hydrogens (tertiary/aromatic N) is 1. The SMILES string of the molecule is CN(Cc1cc(Br)cs1)C(N)=O. The van der Waals surface area contributed by atoms with Crippen LogP contribution in [0.1, 0.15) is 4.88 Å². The van der Waals surface area contributed by atoms with E-state index in [1.165, 1.54) is 4.90 Å². The van der Waals surface area contributed by atoms with Gasteiger partial charge >= 0.3 is 6.03 Å². The quantitative estimate of drug-likeness (QED) is 0.856. The normalized spacial score (nSPS) is 9.83. The molecule has 0 bridgehead atoms. The van der Waals surface area contributed by atoms with Crippen LogP contribution < -0.4 is 5.73 Å². The fraction of sp³-hybridized carbons (Fsp3) is 0.286. The first kappa shape index (κ1) is 9.54. The molecule has 66 valence electrons. The van der Waals surface area contributed by atoms with Gasteiger partial charge in [-0.25, -0.2) is 4.79 Å². The standard InChI is InChI=1S/C7H9BrN2OS/c1-10(7(9)11)3-6-2-5(8)4-12-6/h2,4H,3H2,1H3,(H2,9,11). The highest BCUT2D eigenvalue weighted by atomic mass is 79.9. The Morgan fingerprint density at radius 3 is 2.92 bits per heavy atom. The van der Waals surface area contributed by atoms with Crippen molar-refractivity contribution in [1.82, 2.24) is 4.90 Å². The molecule has 0 spiro atoms. The van der Waals surface area contributed by atoms with Crippen molar-refractivity contribution in [2.24, 2.45) is 5.73 Å². The number of urea groups is 1. The van der Waals surface area contributed by atoms with Gasteiger partial charge in [0.15, 0.2) is 0 Å². The van der Waals surface area contributed by atoms with E-state index >= 15 is 0 Å². The number of hydrogen-bond acceptors (Lipinski definition) is 2. The molecule has 1 heterocycles. The molecule has 1 aromatic rings. The zero-order valence-corrected chi connectivity index (χ0v) is 8.98. The highest BCUT2D eigenvalue weighted by Gasteiger charge is 2.05. The Labute approximate surface area is 83.3 Å². The number of hydrogen-bond donors (Lipinski definition) is 1. The van der Waals surface area contributed by atoms with Gasteiger partial charge in [-0.2, -0.15) is 0 Å². The molecular formula is C7H9BrN2OS. The maximum atomic E-state index is 10.7. The summed E-state index contributed by atoms with van der Waals surface area (Å²) in [5, 5.41) is 1.98. The Hall–Kier alpha value is -0.550. The third-order valence-corrected chi connectivity index (χ3v) is 3.07. The van der Waals surface area contributed by atoms with E-state index in [4.69, 9.17) is 5.73 Å². The molecule has 1 aromatic heterocycles. The Balaban J connectivity index is 2.58. The van der Waals surface area contributed by atoms with E-state index in [9.17, 15) is 4.79 Å². The Morgan fingerprint density at radius 2 is 2.50 bits per heavy atom. The molecule has 0 aliphatic heterocycles. The molecule has 0 fully saturated rings. The maximum Gasteiger partial charge on any atom is 0.314 e. The summed E-state index contributed by atoms with van der Waals surface area (Å²) in [6.07, 6.45) is 0. The van der Waals surface area contributed by atoms with Crippen molar-refractivity contribution in [3.05, 3.63) is 20.8 Å². The molecule has 2 amide bonds. The van der Waals surface area contributed by atoms with Crippen molar-refractivity contribution >= 4 is 33.3 Å². The second-order valence-corrected chi connectivity index (χ2v) is 4.34. The number of thiophene rings is 1. The van der Waals surface area contributed by atoms with Gasteiger partial charge in [0, 0.05) is 21.8 Å². The van der Waals surface area contributed by atoms with E-state index < -0.39 is 6.03 Å². The van der Waals surface area contributed by atoms with E-state index in [1.54, 1.807) is 18.4 Å². The van der Waals surface area contributed by atoms with Gasteiger partial charge in [-0.3, -0.25) is 0 Å². The summed E-state index contributed by atoms with van der Waals surface area (Å²) in [5.41, 5.74) is 5.07. The molecule has 5 heteroatoms. The lowest BCUT2D eigenvalue weighted by Crippen LogP contribution is -2.31. The van der Waals surface area contributed by atoms with Crippen LogP contribution in [0.2, 0.25) is 0 Å². The number of halogens is 1. The minimum Gasteiger partial charge on any atom is -0.351 e. The van der Waals surface area contributed by atoms with Crippen molar-refractivity contribution in [3.8, 4) is 0 Å². The first-order valence-corrected chi connectivity index (χ1v) is 5.00. The lowest BCUT2D eigenvalue weighted by atomic mass is 10.4. The lowest BCUT2D eigenvalue weighted by molar-refractivity contribution is 0.217. The van der Waals surface area contributed by atoms with Crippen molar-refractivity contribution in [2.45, 2.75) is 6.54 Å². The fourth-order valence-corrected chi connectivity index (χ4v) is 2.25. The predicted molar refractivity (Wildman–Crippen MR) is 53.1 cm³/mol. The molecule has 0 saturated heterocycles. The summed E-state index contributed by atoms with van der Waals surface area (Å²) < 4.78 is 1.04. The van der Waals surface area contributed by atoms with Gasteiger partial charge in [0.05, 0.1) is 6.54 Å². The van der Waals surface area contributed by atoms with Crippen LogP contribution in [0.25, 0.3) is 0 Å². The monoisotopic (exact) mass is 248 g/mol. The molecular weight excluding hydrogens is 240 g/mol. The second-order valence-electron chi connectivity index (χ2n) is 2.43. The third-order valence-electron chi connectivity index (χ3n) is 1.39. The van der Waals surface area contributed by atoms with Crippen molar-refractivity contribution in [2.75, 3.05) is 7.05 Å². The van der Waals surface area contributed by atoms with Crippen LogP contribution in [0.4, 0.5) is 4.79 Å². The largest absolute Gasteiger partial charge is 0.351 e. The molecule has 0 saturated carbocycles. The second kappa shape index (κ2) is 3.91. The molecule has 0 aromatic carbocycles. The average molecular weight is 249 g/mol. The van der Waals surface area contributed by atoms with Gasteiger partial charge in [-0.1, -0.05) is 0 Å². The van der Waals surface area contributed by atoms with Crippen LogP contribution in [0.3, 0.4) is 0 Å². The van der Waals surface area contributed by atoms with Gasteiger partial charge < -0.3 is 10.6 Å². The number of nitrogens with two attached hydrogens (primary N) is 1. The van der Waals surface area contributed by atoms with E-state index in [1.807, 2.05) is 11.4 Å². The molecule has 2 N–H and O–H groups in total. The molecule has 3 nitrogen and oxygen atoms in total. The molecule has 12 heavy (non-hydrogen) atoms. The van der Waals surface area contributed by atoms with Crippen LogP contribution in [0.5, 0.6) is 0 Å². The highest BCUT2D eigenvalue weighted by Crippen LogP contribution is 2.20. The lowest BCUT2D eigenvalue weighted by Gasteiger charge is -2.11. The van der Waals surface area contributed by atoms with Crippen molar-refractivity contribution in [1.29, 1.82) is 0 Å². The summed E-state index contributed by atoms with van der Waals surface area (Å²) in [6, 6.07) is 1.57. The number of rotatable bonds is 2. The van der Waals surface area contributed by atoms with Gasteiger partial charge in [0.25, 0.3) is 0 Å². The van der Waals surface area contributed by atoms with E-state index in [0.717, 1.165) is 9.35 Å². The molecule has 0 radical (unpaired) electrons. The molecule has 0 atom stereocenters. The van der Waals surface area contributed by atoms with Gasteiger partial charge in [0.2, 0.25) is 0 Å². The Morgan fingerprint density at radius 1 is 1.83 bits per heavy atom. The zero-order valence-electron chi connectivity index (χ0n) is 6.58. The number of carbonyl (C=O) groups is 1. The Kier molecular flexibility index (Phi) is 3.11. The predicted octanol–water partition coefficient (Wildman–Crippen LogP) is 2.02. The van der Waals surface area contributed by atoms with Gasteiger partial charge in [-0.15, -0.1) is 11.3 Å². The molecule has 0 aliphatic carbocycles. The van der Waals surface area contributed by atoms with Crippen LogP contribution in [0, 0.1) is 0 Å².